The summed E-state index contributed by atoms with van der Waals surface area (Å²) in [7, 11) is 0. The fourth-order valence-corrected chi connectivity index (χ4v) is 1.67. The van der Waals surface area contributed by atoms with Crippen LogP contribution in [-0.2, 0) is 20.9 Å². The van der Waals surface area contributed by atoms with E-state index in [1.54, 1.807) is 6.92 Å². The molecule has 20 heavy (non-hydrogen) atoms. The van der Waals surface area contributed by atoms with E-state index in [1.807, 2.05) is 24.3 Å². The molecule has 0 radical (unpaired) electrons. The predicted molar refractivity (Wildman–Crippen MR) is 77.8 cm³/mol. The molecule has 0 saturated carbocycles. The van der Waals surface area contributed by atoms with Gasteiger partial charge in [-0.2, -0.15) is 0 Å². The molecule has 4 heteroatoms. The Morgan fingerprint density at radius 1 is 1.10 bits per heavy atom. The van der Waals surface area contributed by atoms with Crippen molar-refractivity contribution in [3.05, 3.63) is 35.4 Å². The minimum atomic E-state index is -0.809. The van der Waals surface area contributed by atoms with E-state index in [9.17, 15) is 4.79 Å². The molecule has 1 N–H and O–H groups in total. The highest BCUT2D eigenvalue weighted by atomic mass is 16.5. The number of ether oxygens (including phenoxy) is 2. The zero-order valence-corrected chi connectivity index (χ0v) is 12.5. The van der Waals surface area contributed by atoms with Gasteiger partial charge < -0.3 is 14.6 Å². The van der Waals surface area contributed by atoms with Crippen molar-refractivity contribution in [2.75, 3.05) is 19.8 Å². The molecule has 1 atom stereocenters. The van der Waals surface area contributed by atoms with Crippen LogP contribution in [0.15, 0.2) is 24.3 Å². The molecule has 0 amide bonds. The molecule has 0 aliphatic carbocycles. The van der Waals surface area contributed by atoms with Gasteiger partial charge in [-0.25, -0.2) is 0 Å². The van der Waals surface area contributed by atoms with Crippen LogP contribution in [0.25, 0.3) is 0 Å². The lowest BCUT2D eigenvalue weighted by molar-refractivity contribution is -0.138. The molecule has 0 aromatic heterocycles. The Labute approximate surface area is 120 Å². The summed E-state index contributed by atoms with van der Waals surface area (Å²) in [5, 5.41) is 8.93. The van der Waals surface area contributed by atoms with Crippen LogP contribution in [0.4, 0.5) is 0 Å². The Hall–Kier alpha value is -1.39. The Kier molecular flexibility index (Phi) is 7.26. The first-order valence-corrected chi connectivity index (χ1v) is 6.98. The number of hydrogen-bond acceptors (Lipinski definition) is 3. The second kappa shape index (κ2) is 8.72. The molecule has 0 saturated heterocycles. The fraction of sp³-hybridized carbons (Fsp3) is 0.562. The molecule has 0 fully saturated rings. The van der Waals surface area contributed by atoms with E-state index in [0.29, 0.717) is 25.7 Å². The summed E-state index contributed by atoms with van der Waals surface area (Å²) in [6.07, 6.45) is 0. The van der Waals surface area contributed by atoms with Crippen molar-refractivity contribution in [2.45, 2.75) is 33.3 Å². The van der Waals surface area contributed by atoms with Crippen LogP contribution in [0, 0.1) is 5.92 Å². The van der Waals surface area contributed by atoms with Gasteiger partial charge in [0.25, 0.3) is 0 Å². The highest BCUT2D eigenvalue weighted by Crippen LogP contribution is 2.16. The van der Waals surface area contributed by atoms with Gasteiger partial charge in [-0.05, 0) is 24.0 Å². The Balaban J connectivity index is 2.26. The zero-order valence-electron chi connectivity index (χ0n) is 12.5. The van der Waals surface area contributed by atoms with Gasteiger partial charge in [0.1, 0.15) is 0 Å². The molecule has 1 aromatic rings. The van der Waals surface area contributed by atoms with Crippen LogP contribution >= 0.6 is 0 Å². The maximum atomic E-state index is 10.9. The van der Waals surface area contributed by atoms with Crippen molar-refractivity contribution < 1.29 is 19.4 Å². The highest BCUT2D eigenvalue weighted by molar-refractivity contribution is 5.75. The van der Waals surface area contributed by atoms with Gasteiger partial charge in [0.15, 0.2) is 0 Å². The average molecular weight is 280 g/mol. The summed E-state index contributed by atoms with van der Waals surface area (Å²) < 4.78 is 10.9. The number of hydrogen-bond donors (Lipinski definition) is 1. The van der Waals surface area contributed by atoms with Crippen LogP contribution < -0.4 is 0 Å². The van der Waals surface area contributed by atoms with E-state index >= 15 is 0 Å². The predicted octanol–water partition coefficient (Wildman–Crippen LogP) is 3.06. The maximum absolute atomic E-state index is 10.9. The van der Waals surface area contributed by atoms with Gasteiger partial charge in [-0.3, -0.25) is 4.79 Å². The van der Waals surface area contributed by atoms with E-state index in [1.165, 1.54) is 0 Å². The molecule has 0 spiro atoms. The van der Waals surface area contributed by atoms with Crippen molar-refractivity contribution >= 4 is 5.97 Å². The smallest absolute Gasteiger partial charge is 0.310 e. The minimum absolute atomic E-state index is 0.477. The van der Waals surface area contributed by atoms with E-state index in [4.69, 9.17) is 14.6 Å². The van der Waals surface area contributed by atoms with Crippen LogP contribution in [-0.4, -0.2) is 30.9 Å². The Bertz CT molecular complexity index is 397. The number of carboxylic acids is 1. The number of rotatable bonds is 9. The third-order valence-electron chi connectivity index (χ3n) is 2.94. The van der Waals surface area contributed by atoms with Gasteiger partial charge in [0, 0.05) is 6.61 Å². The summed E-state index contributed by atoms with van der Waals surface area (Å²) in [6.45, 7) is 8.35. The first kappa shape index (κ1) is 16.7. The molecule has 1 unspecified atom stereocenters. The van der Waals surface area contributed by atoms with Crippen LogP contribution in [0.1, 0.15) is 37.8 Å². The molecular weight excluding hydrogens is 256 g/mol. The van der Waals surface area contributed by atoms with E-state index in [0.717, 1.165) is 17.7 Å². The quantitative estimate of drug-likeness (QED) is 0.706. The molecule has 0 heterocycles. The SMILES string of the molecule is CC(C)COCCOCc1ccc(C(C)C(=O)O)cc1. The Morgan fingerprint density at radius 2 is 1.70 bits per heavy atom. The normalized spacial score (nSPS) is 12.6. The van der Waals surface area contributed by atoms with Crippen LogP contribution in [0.2, 0.25) is 0 Å². The van der Waals surface area contributed by atoms with Crippen LogP contribution in [0.3, 0.4) is 0 Å². The third-order valence-corrected chi connectivity index (χ3v) is 2.94. The zero-order chi connectivity index (χ0) is 15.0. The van der Waals surface area contributed by atoms with Gasteiger partial charge >= 0.3 is 5.97 Å². The summed E-state index contributed by atoms with van der Waals surface area (Å²) in [5.41, 5.74) is 1.84. The standard InChI is InChI=1S/C16H24O4/c1-12(2)10-19-8-9-20-11-14-4-6-15(7-5-14)13(3)16(17)18/h4-7,12-13H,8-11H2,1-3H3,(H,17,18). The van der Waals surface area contributed by atoms with E-state index < -0.39 is 11.9 Å². The lowest BCUT2D eigenvalue weighted by Gasteiger charge is -2.09. The fourth-order valence-electron chi connectivity index (χ4n) is 1.67. The van der Waals surface area contributed by atoms with Crippen molar-refractivity contribution in [3.63, 3.8) is 0 Å². The monoisotopic (exact) mass is 280 g/mol. The third kappa shape index (κ3) is 6.17. The molecule has 4 nitrogen and oxygen atoms in total. The van der Waals surface area contributed by atoms with Gasteiger partial charge in [-0.15, -0.1) is 0 Å². The topological polar surface area (TPSA) is 55.8 Å². The second-order valence-electron chi connectivity index (χ2n) is 5.32. The first-order chi connectivity index (χ1) is 9.50. The summed E-state index contributed by atoms with van der Waals surface area (Å²) in [5.74, 6) is -0.746. The van der Waals surface area contributed by atoms with Gasteiger partial charge in [0.05, 0.1) is 25.7 Å². The van der Waals surface area contributed by atoms with Crippen molar-refractivity contribution in [2.24, 2.45) is 5.92 Å². The minimum Gasteiger partial charge on any atom is -0.481 e. The van der Waals surface area contributed by atoms with E-state index in [2.05, 4.69) is 13.8 Å². The average Bonchev–Trinajstić information content (AvgIpc) is 2.42. The number of aliphatic carboxylic acids is 1. The lowest BCUT2D eigenvalue weighted by atomic mass is 10.0. The van der Waals surface area contributed by atoms with Crippen molar-refractivity contribution in [1.82, 2.24) is 0 Å². The molecule has 0 bridgehead atoms. The summed E-state index contributed by atoms with van der Waals surface area (Å²) >= 11 is 0. The number of carboxylic acid groups (broad SMARTS) is 1. The number of benzene rings is 1. The second-order valence-corrected chi connectivity index (χ2v) is 5.32. The first-order valence-electron chi connectivity index (χ1n) is 6.98. The van der Waals surface area contributed by atoms with E-state index in [-0.39, 0.29) is 0 Å². The number of carbonyl (C=O) groups is 1. The van der Waals surface area contributed by atoms with Crippen molar-refractivity contribution in [1.29, 1.82) is 0 Å². The lowest BCUT2D eigenvalue weighted by Crippen LogP contribution is -2.09. The Morgan fingerprint density at radius 3 is 2.25 bits per heavy atom. The molecule has 0 aliphatic heterocycles. The molecule has 1 rings (SSSR count). The highest BCUT2D eigenvalue weighted by Gasteiger charge is 2.12. The van der Waals surface area contributed by atoms with Crippen LogP contribution in [0.5, 0.6) is 0 Å². The summed E-state index contributed by atoms with van der Waals surface area (Å²) in [6, 6.07) is 7.49. The van der Waals surface area contributed by atoms with Gasteiger partial charge in [0.2, 0.25) is 0 Å². The molecule has 1 aromatic carbocycles. The molecule has 112 valence electrons. The molecule has 0 aliphatic rings. The molecular formula is C16H24O4. The van der Waals surface area contributed by atoms with Crippen molar-refractivity contribution in [3.8, 4) is 0 Å². The maximum Gasteiger partial charge on any atom is 0.310 e. The van der Waals surface area contributed by atoms with Gasteiger partial charge in [-0.1, -0.05) is 38.1 Å². The largest absolute Gasteiger partial charge is 0.481 e. The summed E-state index contributed by atoms with van der Waals surface area (Å²) in [4.78, 5) is 10.9.